The van der Waals surface area contributed by atoms with Crippen LogP contribution in [0.2, 0.25) is 0 Å². The second-order valence-corrected chi connectivity index (χ2v) is 5.69. The van der Waals surface area contributed by atoms with Crippen LogP contribution >= 0.6 is 0 Å². The molecule has 0 aromatic carbocycles. The summed E-state index contributed by atoms with van der Waals surface area (Å²) in [5.74, 6) is 0.0490. The van der Waals surface area contributed by atoms with Gasteiger partial charge < -0.3 is 20.3 Å². The maximum absolute atomic E-state index is 11.8. The first-order chi connectivity index (χ1) is 8.98. The van der Waals surface area contributed by atoms with Gasteiger partial charge in [0.25, 0.3) is 0 Å². The Labute approximate surface area is 113 Å². The van der Waals surface area contributed by atoms with E-state index in [4.69, 9.17) is 4.74 Å². The summed E-state index contributed by atoms with van der Waals surface area (Å²) in [6.45, 7) is 6.76. The highest BCUT2D eigenvalue weighted by atomic mass is 16.5. The van der Waals surface area contributed by atoms with Crippen molar-refractivity contribution in [3.63, 3.8) is 0 Å². The van der Waals surface area contributed by atoms with E-state index >= 15 is 0 Å². The van der Waals surface area contributed by atoms with E-state index in [2.05, 4.69) is 10.6 Å². The molecule has 2 aliphatic rings. The van der Waals surface area contributed by atoms with Gasteiger partial charge in [-0.25, -0.2) is 0 Å². The molecule has 2 aliphatic heterocycles. The Balaban J connectivity index is 1.64. The number of amides is 2. The zero-order valence-corrected chi connectivity index (χ0v) is 11.7. The predicted molar refractivity (Wildman–Crippen MR) is 70.6 cm³/mol. The third kappa shape index (κ3) is 3.91. The molecule has 2 fully saturated rings. The highest BCUT2D eigenvalue weighted by Gasteiger charge is 2.33. The molecule has 2 heterocycles. The van der Waals surface area contributed by atoms with Crippen molar-refractivity contribution >= 4 is 11.8 Å². The van der Waals surface area contributed by atoms with Crippen LogP contribution in [0.25, 0.3) is 0 Å². The summed E-state index contributed by atoms with van der Waals surface area (Å²) < 4.78 is 5.59. The largest absolute Gasteiger partial charge is 0.363 e. The van der Waals surface area contributed by atoms with Crippen LogP contribution < -0.4 is 10.6 Å². The van der Waals surface area contributed by atoms with Gasteiger partial charge in [-0.1, -0.05) is 0 Å². The number of carbonyl (C=O) groups excluding carboxylic acids is 2. The smallest absolute Gasteiger partial charge is 0.246 e. The topological polar surface area (TPSA) is 70.7 Å². The molecule has 0 radical (unpaired) electrons. The zero-order chi connectivity index (χ0) is 13.9. The van der Waals surface area contributed by atoms with E-state index in [1.165, 1.54) is 0 Å². The fraction of sp³-hybridized carbons (Fsp3) is 0.846. The van der Waals surface area contributed by atoms with Gasteiger partial charge in [-0.15, -0.1) is 0 Å². The van der Waals surface area contributed by atoms with Gasteiger partial charge >= 0.3 is 0 Å². The van der Waals surface area contributed by atoms with E-state index in [0.29, 0.717) is 0 Å². The fourth-order valence-corrected chi connectivity index (χ4v) is 2.43. The SMILES string of the molecule is CC(=O)N1CCC(NC(=O)COC2(C)CNC2)CC1. The minimum Gasteiger partial charge on any atom is -0.363 e. The molecule has 0 aliphatic carbocycles. The molecule has 108 valence electrons. The van der Waals surface area contributed by atoms with Gasteiger partial charge in [0.1, 0.15) is 6.61 Å². The Kier molecular flexibility index (Phi) is 4.42. The molecule has 6 nitrogen and oxygen atoms in total. The van der Waals surface area contributed by atoms with Gasteiger partial charge in [0.2, 0.25) is 11.8 Å². The summed E-state index contributed by atoms with van der Waals surface area (Å²) in [7, 11) is 0. The number of ether oxygens (including phenoxy) is 1. The molecule has 2 N–H and O–H groups in total. The molecule has 0 aromatic heterocycles. The number of likely N-dealkylation sites (tertiary alicyclic amines) is 1. The van der Waals surface area contributed by atoms with Crippen molar-refractivity contribution in [2.24, 2.45) is 0 Å². The lowest BCUT2D eigenvalue weighted by molar-refractivity contribution is -0.137. The number of piperidine rings is 1. The van der Waals surface area contributed by atoms with E-state index in [1.54, 1.807) is 6.92 Å². The molecule has 0 bridgehead atoms. The number of rotatable bonds is 4. The average molecular weight is 269 g/mol. The second kappa shape index (κ2) is 5.88. The minimum absolute atomic E-state index is 0.0607. The molecular formula is C13H23N3O3. The van der Waals surface area contributed by atoms with Crippen LogP contribution in [0.1, 0.15) is 26.7 Å². The van der Waals surface area contributed by atoms with Crippen molar-refractivity contribution in [3.8, 4) is 0 Å². The highest BCUT2D eigenvalue weighted by molar-refractivity contribution is 5.77. The summed E-state index contributed by atoms with van der Waals surface area (Å²) in [5.41, 5.74) is -0.185. The Morgan fingerprint density at radius 2 is 2.00 bits per heavy atom. The van der Waals surface area contributed by atoms with Gasteiger partial charge in [-0.3, -0.25) is 9.59 Å². The van der Waals surface area contributed by atoms with Crippen molar-refractivity contribution in [1.29, 1.82) is 0 Å². The molecule has 19 heavy (non-hydrogen) atoms. The third-order valence-electron chi connectivity index (χ3n) is 3.86. The zero-order valence-electron chi connectivity index (χ0n) is 11.7. The van der Waals surface area contributed by atoms with Crippen LogP contribution in [0.5, 0.6) is 0 Å². The predicted octanol–water partition coefficient (Wildman–Crippen LogP) is -0.508. The first-order valence-corrected chi connectivity index (χ1v) is 6.88. The molecule has 2 saturated heterocycles. The van der Waals surface area contributed by atoms with Crippen molar-refractivity contribution in [2.45, 2.75) is 38.3 Å². The second-order valence-electron chi connectivity index (χ2n) is 5.69. The maximum atomic E-state index is 11.8. The molecule has 6 heteroatoms. The summed E-state index contributed by atoms with van der Waals surface area (Å²) >= 11 is 0. The molecule has 0 aromatic rings. The van der Waals surface area contributed by atoms with Crippen LogP contribution in [0.3, 0.4) is 0 Å². The molecular weight excluding hydrogens is 246 g/mol. The molecule has 0 saturated carbocycles. The van der Waals surface area contributed by atoms with E-state index in [9.17, 15) is 9.59 Å². The number of hydrogen-bond donors (Lipinski definition) is 2. The van der Waals surface area contributed by atoms with Crippen LogP contribution in [-0.2, 0) is 14.3 Å². The first kappa shape index (κ1) is 14.3. The van der Waals surface area contributed by atoms with Crippen LogP contribution in [0, 0.1) is 0 Å². The number of nitrogens with zero attached hydrogens (tertiary/aromatic N) is 1. The summed E-state index contributed by atoms with van der Waals surface area (Å²) in [5, 5.41) is 6.10. The number of carbonyl (C=O) groups is 2. The van der Waals surface area contributed by atoms with Crippen LogP contribution in [0.4, 0.5) is 0 Å². The quantitative estimate of drug-likeness (QED) is 0.721. The van der Waals surface area contributed by atoms with Crippen molar-refractivity contribution < 1.29 is 14.3 Å². The monoisotopic (exact) mass is 269 g/mol. The molecule has 0 atom stereocenters. The Morgan fingerprint density at radius 3 is 2.47 bits per heavy atom. The molecule has 2 rings (SSSR count). The average Bonchev–Trinajstić information content (AvgIpc) is 2.35. The van der Waals surface area contributed by atoms with Crippen LogP contribution in [-0.4, -0.2) is 61.1 Å². The van der Waals surface area contributed by atoms with Gasteiger partial charge in [0.05, 0.1) is 5.60 Å². The Bertz CT molecular complexity index is 347. The van der Waals surface area contributed by atoms with E-state index in [0.717, 1.165) is 39.0 Å². The lowest BCUT2D eigenvalue weighted by Gasteiger charge is -2.39. The number of nitrogens with one attached hydrogen (secondary N) is 2. The molecule has 0 unspecified atom stereocenters. The Morgan fingerprint density at radius 1 is 1.37 bits per heavy atom. The maximum Gasteiger partial charge on any atom is 0.246 e. The number of hydrogen-bond acceptors (Lipinski definition) is 4. The summed E-state index contributed by atoms with van der Waals surface area (Å²) in [6, 6.07) is 0.166. The highest BCUT2D eigenvalue weighted by Crippen LogP contribution is 2.15. The lowest BCUT2D eigenvalue weighted by atomic mass is 10.0. The van der Waals surface area contributed by atoms with Gasteiger partial charge in [0, 0.05) is 39.1 Å². The summed E-state index contributed by atoms with van der Waals surface area (Å²) in [4.78, 5) is 24.8. The Hall–Kier alpha value is -1.14. The standard InChI is InChI=1S/C13H23N3O3/c1-10(17)16-5-3-11(4-6-16)15-12(18)7-19-13(2)8-14-9-13/h11,14H,3-9H2,1-2H3,(H,15,18). The van der Waals surface area contributed by atoms with Crippen molar-refractivity contribution in [3.05, 3.63) is 0 Å². The van der Waals surface area contributed by atoms with Crippen molar-refractivity contribution in [2.75, 3.05) is 32.8 Å². The fourth-order valence-electron chi connectivity index (χ4n) is 2.43. The van der Waals surface area contributed by atoms with E-state index in [-0.39, 0.29) is 30.1 Å². The minimum atomic E-state index is -0.185. The summed E-state index contributed by atoms with van der Waals surface area (Å²) in [6.07, 6.45) is 1.65. The third-order valence-corrected chi connectivity index (χ3v) is 3.86. The molecule has 0 spiro atoms. The van der Waals surface area contributed by atoms with Gasteiger partial charge in [-0.05, 0) is 19.8 Å². The van der Waals surface area contributed by atoms with Crippen LogP contribution in [0.15, 0.2) is 0 Å². The van der Waals surface area contributed by atoms with E-state index < -0.39 is 0 Å². The first-order valence-electron chi connectivity index (χ1n) is 6.88. The van der Waals surface area contributed by atoms with Crippen molar-refractivity contribution in [1.82, 2.24) is 15.5 Å². The normalized spacial score (nSPS) is 22.7. The van der Waals surface area contributed by atoms with E-state index in [1.807, 2.05) is 11.8 Å². The lowest BCUT2D eigenvalue weighted by Crippen LogP contribution is -2.60. The van der Waals surface area contributed by atoms with Gasteiger partial charge in [-0.2, -0.15) is 0 Å². The van der Waals surface area contributed by atoms with Gasteiger partial charge in [0.15, 0.2) is 0 Å². The molecule has 2 amide bonds.